The molecule has 0 saturated carbocycles. The van der Waals surface area contributed by atoms with Gasteiger partial charge in [-0.15, -0.1) is 0 Å². The van der Waals surface area contributed by atoms with E-state index in [4.69, 9.17) is 4.74 Å². The fraction of sp³-hybridized carbons (Fsp3) is 0.172. The second-order valence-corrected chi connectivity index (χ2v) is 8.16. The monoisotopic (exact) mass is 446 g/mol. The highest BCUT2D eigenvalue weighted by molar-refractivity contribution is 5.72. The molecule has 168 valence electrons. The maximum atomic E-state index is 14.9. The van der Waals surface area contributed by atoms with E-state index in [1.807, 2.05) is 31.2 Å². The molecule has 0 aromatic heterocycles. The average Bonchev–Trinajstić information content (AvgIpc) is 2.82. The molecule has 1 nitrogen and oxygen atoms in total. The average molecular weight is 447 g/mol. The van der Waals surface area contributed by atoms with Crippen molar-refractivity contribution in [3.05, 3.63) is 113 Å². The second kappa shape index (κ2) is 9.95. The highest BCUT2D eigenvalue weighted by Gasteiger charge is 2.16. The highest BCUT2D eigenvalue weighted by atomic mass is 19.2. The summed E-state index contributed by atoms with van der Waals surface area (Å²) in [6.07, 6.45) is 1.99. The van der Waals surface area contributed by atoms with Crippen molar-refractivity contribution < 1.29 is 17.9 Å². The first kappa shape index (κ1) is 22.7. The summed E-state index contributed by atoms with van der Waals surface area (Å²) in [5.41, 5.74) is 4.42. The Labute approximate surface area is 192 Å². The third-order valence-corrected chi connectivity index (χ3v) is 5.63. The molecule has 0 aliphatic carbocycles. The quantitative estimate of drug-likeness (QED) is 0.278. The molecular weight excluding hydrogens is 421 g/mol. The Hall–Kier alpha value is -3.53. The summed E-state index contributed by atoms with van der Waals surface area (Å²) in [7, 11) is 0. The number of rotatable bonds is 7. The van der Waals surface area contributed by atoms with E-state index in [0.29, 0.717) is 11.1 Å². The van der Waals surface area contributed by atoms with Crippen LogP contribution in [0.15, 0.2) is 78.9 Å². The molecular formula is C29H25F3O. The Balaban J connectivity index is 1.51. The van der Waals surface area contributed by atoms with E-state index in [2.05, 4.69) is 6.92 Å². The SMILES string of the molecule is CCCc1ccc(-c2ccc(-c3ccc(COc4ccc(C)cc4F)cc3)c(F)c2F)cc1. The number of aryl methyl sites for hydroxylation is 2. The fourth-order valence-electron chi connectivity index (χ4n) is 3.80. The molecule has 0 bridgehead atoms. The van der Waals surface area contributed by atoms with Crippen LogP contribution in [0.3, 0.4) is 0 Å². The Bertz CT molecular complexity index is 1250. The number of halogens is 3. The lowest BCUT2D eigenvalue weighted by Crippen LogP contribution is -1.98. The number of benzene rings is 4. The van der Waals surface area contributed by atoms with Gasteiger partial charge in [0.1, 0.15) is 6.61 Å². The fourth-order valence-corrected chi connectivity index (χ4v) is 3.80. The van der Waals surface area contributed by atoms with Gasteiger partial charge in [0.15, 0.2) is 23.2 Å². The zero-order valence-corrected chi connectivity index (χ0v) is 18.7. The molecule has 0 heterocycles. The van der Waals surface area contributed by atoms with Gasteiger partial charge in [-0.25, -0.2) is 13.2 Å². The van der Waals surface area contributed by atoms with Gasteiger partial charge in [0, 0.05) is 11.1 Å². The molecule has 4 heteroatoms. The Morgan fingerprint density at radius 1 is 0.667 bits per heavy atom. The van der Waals surface area contributed by atoms with Crippen LogP contribution in [-0.4, -0.2) is 0 Å². The first-order valence-electron chi connectivity index (χ1n) is 11.0. The maximum Gasteiger partial charge on any atom is 0.167 e. The van der Waals surface area contributed by atoms with Crippen LogP contribution in [0, 0.1) is 24.4 Å². The van der Waals surface area contributed by atoms with Crippen molar-refractivity contribution in [1.29, 1.82) is 0 Å². The van der Waals surface area contributed by atoms with Crippen molar-refractivity contribution in [2.24, 2.45) is 0 Å². The first-order chi connectivity index (χ1) is 16.0. The van der Waals surface area contributed by atoms with Gasteiger partial charge in [0.25, 0.3) is 0 Å². The molecule has 0 aliphatic rings. The van der Waals surface area contributed by atoms with Crippen molar-refractivity contribution >= 4 is 0 Å². The largest absolute Gasteiger partial charge is 0.486 e. The van der Waals surface area contributed by atoms with E-state index in [1.165, 1.54) is 11.6 Å². The molecule has 0 unspecified atom stereocenters. The van der Waals surface area contributed by atoms with Gasteiger partial charge < -0.3 is 4.74 Å². The topological polar surface area (TPSA) is 9.23 Å². The summed E-state index contributed by atoms with van der Waals surface area (Å²) >= 11 is 0. The number of ether oxygens (including phenoxy) is 1. The third kappa shape index (κ3) is 5.11. The molecule has 0 amide bonds. The molecule has 0 saturated heterocycles. The molecule has 0 aliphatic heterocycles. The van der Waals surface area contributed by atoms with Crippen LogP contribution in [-0.2, 0) is 13.0 Å². The summed E-state index contributed by atoms with van der Waals surface area (Å²) in [4.78, 5) is 0. The normalized spacial score (nSPS) is 10.9. The van der Waals surface area contributed by atoms with Gasteiger partial charge in [-0.2, -0.15) is 0 Å². The van der Waals surface area contributed by atoms with E-state index in [0.717, 1.165) is 24.0 Å². The zero-order chi connectivity index (χ0) is 23.4. The molecule has 0 fully saturated rings. The lowest BCUT2D eigenvalue weighted by Gasteiger charge is -2.11. The van der Waals surface area contributed by atoms with Crippen molar-refractivity contribution in [2.75, 3.05) is 0 Å². The Morgan fingerprint density at radius 3 is 1.73 bits per heavy atom. The third-order valence-electron chi connectivity index (χ3n) is 5.63. The van der Waals surface area contributed by atoms with Crippen LogP contribution in [0.4, 0.5) is 13.2 Å². The number of hydrogen-bond donors (Lipinski definition) is 0. The van der Waals surface area contributed by atoms with Gasteiger partial charge in [0.05, 0.1) is 0 Å². The Kier molecular flexibility index (Phi) is 6.83. The molecule has 4 aromatic rings. The van der Waals surface area contributed by atoms with E-state index in [9.17, 15) is 13.2 Å². The molecule has 0 atom stereocenters. The first-order valence-corrected chi connectivity index (χ1v) is 11.0. The van der Waals surface area contributed by atoms with Crippen LogP contribution < -0.4 is 4.74 Å². The molecule has 0 radical (unpaired) electrons. The van der Waals surface area contributed by atoms with E-state index in [1.54, 1.807) is 48.5 Å². The molecule has 0 N–H and O–H groups in total. The van der Waals surface area contributed by atoms with Crippen molar-refractivity contribution in [2.45, 2.75) is 33.3 Å². The lowest BCUT2D eigenvalue weighted by atomic mass is 9.97. The number of hydrogen-bond acceptors (Lipinski definition) is 1. The summed E-state index contributed by atoms with van der Waals surface area (Å²) in [5.74, 6) is -1.98. The highest BCUT2D eigenvalue weighted by Crippen LogP contribution is 2.32. The summed E-state index contributed by atoms with van der Waals surface area (Å²) in [5, 5.41) is 0. The van der Waals surface area contributed by atoms with Crippen molar-refractivity contribution in [1.82, 2.24) is 0 Å². The maximum absolute atomic E-state index is 14.9. The van der Waals surface area contributed by atoms with E-state index < -0.39 is 17.5 Å². The minimum absolute atomic E-state index is 0.171. The van der Waals surface area contributed by atoms with Gasteiger partial charge in [0.2, 0.25) is 0 Å². The van der Waals surface area contributed by atoms with Crippen LogP contribution in [0.5, 0.6) is 5.75 Å². The molecule has 4 aromatic carbocycles. The Morgan fingerprint density at radius 2 is 1.21 bits per heavy atom. The predicted molar refractivity (Wildman–Crippen MR) is 127 cm³/mol. The predicted octanol–water partition coefficient (Wildman–Crippen LogP) is 8.28. The molecule has 33 heavy (non-hydrogen) atoms. The standard InChI is InChI=1S/C29H25F3O/c1-3-4-20-6-10-22(11-7-20)24-14-15-25(29(32)28(24)31)23-12-8-21(9-13-23)18-33-27-16-5-19(2)17-26(27)30/h5-17H,3-4,18H2,1-2H3. The smallest absolute Gasteiger partial charge is 0.167 e. The van der Waals surface area contributed by atoms with Crippen LogP contribution in [0.1, 0.15) is 30.0 Å². The summed E-state index contributed by atoms with van der Waals surface area (Å²) in [6.45, 7) is 4.08. The lowest BCUT2D eigenvalue weighted by molar-refractivity contribution is 0.290. The second-order valence-electron chi connectivity index (χ2n) is 8.16. The van der Waals surface area contributed by atoms with Crippen LogP contribution in [0.25, 0.3) is 22.3 Å². The summed E-state index contributed by atoms with van der Waals surface area (Å²) < 4.78 is 49.3. The summed E-state index contributed by atoms with van der Waals surface area (Å²) in [6, 6.07) is 22.5. The van der Waals surface area contributed by atoms with Crippen LogP contribution >= 0.6 is 0 Å². The van der Waals surface area contributed by atoms with Crippen molar-refractivity contribution in [3.8, 4) is 28.0 Å². The van der Waals surface area contributed by atoms with Crippen LogP contribution in [0.2, 0.25) is 0 Å². The van der Waals surface area contributed by atoms with E-state index in [-0.39, 0.29) is 23.5 Å². The van der Waals surface area contributed by atoms with Gasteiger partial charge in [-0.1, -0.05) is 80.1 Å². The van der Waals surface area contributed by atoms with Gasteiger partial charge in [-0.3, -0.25) is 0 Å². The van der Waals surface area contributed by atoms with E-state index >= 15 is 0 Å². The van der Waals surface area contributed by atoms with Gasteiger partial charge in [-0.05, 0) is 53.3 Å². The minimum atomic E-state index is -0.879. The van der Waals surface area contributed by atoms with Gasteiger partial charge >= 0.3 is 0 Å². The minimum Gasteiger partial charge on any atom is -0.486 e. The van der Waals surface area contributed by atoms with Crippen molar-refractivity contribution in [3.63, 3.8) is 0 Å². The molecule has 4 rings (SSSR count). The zero-order valence-electron chi connectivity index (χ0n) is 18.7. The molecule has 0 spiro atoms.